The van der Waals surface area contributed by atoms with Gasteiger partial charge < -0.3 is 14.4 Å². The van der Waals surface area contributed by atoms with Crippen molar-refractivity contribution in [1.82, 2.24) is 4.90 Å². The highest BCUT2D eigenvalue weighted by Crippen LogP contribution is 2.24. The second kappa shape index (κ2) is 8.06. The smallest absolute Gasteiger partial charge is 0.257 e. The van der Waals surface area contributed by atoms with Crippen LogP contribution in [0, 0.1) is 0 Å². The minimum atomic E-state index is 0.0314. The number of aryl methyl sites for hydroxylation is 1. The maximum absolute atomic E-state index is 12.7. The van der Waals surface area contributed by atoms with E-state index in [2.05, 4.69) is 19.1 Å². The van der Waals surface area contributed by atoms with Gasteiger partial charge in [-0.05, 0) is 36.2 Å². The largest absolute Gasteiger partial charge is 0.496 e. The number of piperidine rings is 1. The number of likely N-dealkylation sites (tertiary alicyclic amines) is 1. The second-order valence-electron chi connectivity index (χ2n) is 6.31. The van der Waals surface area contributed by atoms with E-state index < -0.39 is 0 Å². The molecule has 4 heteroatoms. The lowest BCUT2D eigenvalue weighted by atomic mass is 10.1. The van der Waals surface area contributed by atoms with E-state index in [-0.39, 0.29) is 12.0 Å². The van der Waals surface area contributed by atoms with E-state index in [1.54, 1.807) is 7.11 Å². The van der Waals surface area contributed by atoms with Crippen LogP contribution in [-0.2, 0) is 6.42 Å². The summed E-state index contributed by atoms with van der Waals surface area (Å²) < 4.78 is 11.4. The molecule has 1 amide bonds. The molecule has 0 N–H and O–H groups in total. The molecule has 0 unspecified atom stereocenters. The summed E-state index contributed by atoms with van der Waals surface area (Å²) >= 11 is 0. The number of methoxy groups -OCH3 is 1. The first-order chi connectivity index (χ1) is 12.2. The molecule has 1 fully saturated rings. The average molecular weight is 339 g/mol. The number of carbonyl (C=O) groups is 1. The number of carbonyl (C=O) groups excluding carboxylic acids is 1. The molecule has 0 bridgehead atoms. The molecular weight excluding hydrogens is 314 g/mol. The van der Waals surface area contributed by atoms with Gasteiger partial charge in [0.2, 0.25) is 0 Å². The fourth-order valence-corrected chi connectivity index (χ4v) is 3.20. The fourth-order valence-electron chi connectivity index (χ4n) is 3.20. The standard InChI is InChI=1S/C21H25NO3/c1-3-16-7-6-8-18(15-16)25-17-11-13-22(14-12-17)21(23)19-9-4-5-10-20(19)24-2/h4-10,15,17H,3,11-14H2,1-2H3. The van der Waals surface area contributed by atoms with E-state index in [1.165, 1.54) is 5.56 Å². The Balaban J connectivity index is 1.59. The Morgan fingerprint density at radius 3 is 2.60 bits per heavy atom. The number of amides is 1. The maximum atomic E-state index is 12.7. The highest BCUT2D eigenvalue weighted by molar-refractivity contribution is 5.97. The molecule has 3 rings (SSSR count). The van der Waals surface area contributed by atoms with Gasteiger partial charge >= 0.3 is 0 Å². The lowest BCUT2D eigenvalue weighted by Gasteiger charge is -2.32. The summed E-state index contributed by atoms with van der Waals surface area (Å²) in [6.07, 6.45) is 2.85. The number of ether oxygens (including phenoxy) is 2. The molecular formula is C21H25NO3. The third-order valence-corrected chi connectivity index (χ3v) is 4.68. The van der Waals surface area contributed by atoms with E-state index in [4.69, 9.17) is 9.47 Å². The number of nitrogens with zero attached hydrogens (tertiary/aromatic N) is 1. The highest BCUT2D eigenvalue weighted by Gasteiger charge is 2.26. The first kappa shape index (κ1) is 17.3. The molecule has 0 atom stereocenters. The van der Waals surface area contributed by atoms with E-state index in [0.29, 0.717) is 24.4 Å². The zero-order valence-electron chi connectivity index (χ0n) is 14.9. The van der Waals surface area contributed by atoms with Gasteiger partial charge in [-0.3, -0.25) is 4.79 Å². The molecule has 2 aromatic carbocycles. The van der Waals surface area contributed by atoms with Crippen molar-refractivity contribution >= 4 is 5.91 Å². The molecule has 0 spiro atoms. The van der Waals surface area contributed by atoms with Crippen LogP contribution in [0.25, 0.3) is 0 Å². The van der Waals surface area contributed by atoms with Crippen LogP contribution < -0.4 is 9.47 Å². The van der Waals surface area contributed by atoms with Crippen molar-refractivity contribution in [2.75, 3.05) is 20.2 Å². The monoisotopic (exact) mass is 339 g/mol. The Morgan fingerprint density at radius 2 is 1.88 bits per heavy atom. The van der Waals surface area contributed by atoms with Gasteiger partial charge in [-0.25, -0.2) is 0 Å². The van der Waals surface area contributed by atoms with Gasteiger partial charge in [-0.2, -0.15) is 0 Å². The topological polar surface area (TPSA) is 38.8 Å². The third kappa shape index (κ3) is 4.13. The third-order valence-electron chi connectivity index (χ3n) is 4.68. The van der Waals surface area contributed by atoms with Gasteiger partial charge in [0.05, 0.1) is 12.7 Å². The van der Waals surface area contributed by atoms with Gasteiger partial charge in [0.15, 0.2) is 0 Å². The van der Waals surface area contributed by atoms with E-state index >= 15 is 0 Å². The van der Waals surface area contributed by atoms with Crippen LogP contribution in [0.1, 0.15) is 35.7 Å². The van der Waals surface area contributed by atoms with Crippen LogP contribution in [0.5, 0.6) is 11.5 Å². The molecule has 25 heavy (non-hydrogen) atoms. The molecule has 0 radical (unpaired) electrons. The first-order valence-corrected chi connectivity index (χ1v) is 8.89. The Bertz CT molecular complexity index is 721. The molecule has 1 saturated heterocycles. The zero-order chi connectivity index (χ0) is 17.6. The number of hydrogen-bond donors (Lipinski definition) is 0. The van der Waals surface area contributed by atoms with Crippen molar-refractivity contribution in [2.24, 2.45) is 0 Å². The predicted molar refractivity (Wildman–Crippen MR) is 98.4 cm³/mol. The molecule has 4 nitrogen and oxygen atoms in total. The summed E-state index contributed by atoms with van der Waals surface area (Å²) in [5.41, 5.74) is 1.90. The van der Waals surface area contributed by atoms with Crippen molar-refractivity contribution in [1.29, 1.82) is 0 Å². The number of rotatable bonds is 5. The number of para-hydroxylation sites is 1. The van der Waals surface area contributed by atoms with Crippen molar-refractivity contribution < 1.29 is 14.3 Å². The summed E-state index contributed by atoms with van der Waals surface area (Å²) in [6.45, 7) is 3.55. The summed E-state index contributed by atoms with van der Waals surface area (Å²) in [4.78, 5) is 14.6. The summed E-state index contributed by atoms with van der Waals surface area (Å²) in [6, 6.07) is 15.6. The number of benzene rings is 2. The van der Waals surface area contributed by atoms with Crippen LogP contribution in [-0.4, -0.2) is 37.1 Å². The van der Waals surface area contributed by atoms with Gasteiger partial charge in [-0.1, -0.05) is 31.2 Å². The Hall–Kier alpha value is -2.49. The van der Waals surface area contributed by atoms with Crippen molar-refractivity contribution in [2.45, 2.75) is 32.3 Å². The first-order valence-electron chi connectivity index (χ1n) is 8.89. The maximum Gasteiger partial charge on any atom is 0.257 e. The zero-order valence-corrected chi connectivity index (χ0v) is 14.9. The molecule has 0 aromatic heterocycles. The van der Waals surface area contributed by atoms with Crippen molar-refractivity contribution in [3.63, 3.8) is 0 Å². The average Bonchev–Trinajstić information content (AvgIpc) is 2.68. The minimum absolute atomic E-state index is 0.0314. The molecule has 0 saturated carbocycles. The molecule has 0 aliphatic carbocycles. The normalized spacial score (nSPS) is 15.0. The summed E-state index contributed by atoms with van der Waals surface area (Å²) in [5.74, 6) is 1.58. The van der Waals surface area contributed by atoms with Gasteiger partial charge in [0.25, 0.3) is 5.91 Å². The Labute approximate surface area is 149 Å². The van der Waals surface area contributed by atoms with Crippen LogP contribution in [0.2, 0.25) is 0 Å². The van der Waals surface area contributed by atoms with Crippen molar-refractivity contribution in [3.05, 3.63) is 59.7 Å². The second-order valence-corrected chi connectivity index (χ2v) is 6.31. The van der Waals surface area contributed by atoms with Crippen LogP contribution in [0.4, 0.5) is 0 Å². The predicted octanol–water partition coefficient (Wildman–Crippen LogP) is 3.94. The van der Waals surface area contributed by atoms with Gasteiger partial charge in [0.1, 0.15) is 17.6 Å². The van der Waals surface area contributed by atoms with Crippen LogP contribution in [0.3, 0.4) is 0 Å². The molecule has 1 aliphatic rings. The van der Waals surface area contributed by atoms with E-state index in [9.17, 15) is 4.79 Å². The SMILES string of the molecule is CCc1cccc(OC2CCN(C(=O)c3ccccc3OC)CC2)c1. The quantitative estimate of drug-likeness (QED) is 0.828. The van der Waals surface area contributed by atoms with Crippen molar-refractivity contribution in [3.8, 4) is 11.5 Å². The van der Waals surface area contributed by atoms with Crippen LogP contribution >= 0.6 is 0 Å². The molecule has 132 valence electrons. The molecule has 1 aliphatic heterocycles. The lowest BCUT2D eigenvalue weighted by molar-refractivity contribution is 0.0592. The van der Waals surface area contributed by atoms with Crippen LogP contribution in [0.15, 0.2) is 48.5 Å². The Morgan fingerprint density at radius 1 is 1.12 bits per heavy atom. The molecule has 2 aromatic rings. The van der Waals surface area contributed by atoms with Gasteiger partial charge in [0, 0.05) is 25.9 Å². The molecule has 1 heterocycles. The lowest BCUT2D eigenvalue weighted by Crippen LogP contribution is -2.41. The summed E-state index contributed by atoms with van der Waals surface area (Å²) in [5, 5.41) is 0. The fraction of sp³-hybridized carbons (Fsp3) is 0.381. The summed E-state index contributed by atoms with van der Waals surface area (Å²) in [7, 11) is 1.59. The van der Waals surface area contributed by atoms with E-state index in [1.807, 2.05) is 41.3 Å². The van der Waals surface area contributed by atoms with E-state index in [0.717, 1.165) is 25.0 Å². The van der Waals surface area contributed by atoms with Gasteiger partial charge in [-0.15, -0.1) is 0 Å². The highest BCUT2D eigenvalue weighted by atomic mass is 16.5. The minimum Gasteiger partial charge on any atom is -0.496 e. The Kier molecular flexibility index (Phi) is 5.59. The number of hydrogen-bond acceptors (Lipinski definition) is 3.